The van der Waals surface area contributed by atoms with Crippen molar-refractivity contribution in [1.82, 2.24) is 0 Å². The standard InChI is InChI=1S/C16H16N2O2/c1-19-15-10-13(17)7-6-12(15)5-3-11-4-8-14(18)16(9-11)20-2/h4,6-10H,17-18H2,1-2H3. The summed E-state index contributed by atoms with van der Waals surface area (Å²) in [6.45, 7) is 0. The third-order valence-electron chi connectivity index (χ3n) is 2.80. The highest BCUT2D eigenvalue weighted by molar-refractivity contribution is 5.59. The number of nitrogen functional groups attached to an aromatic ring is 2. The number of ether oxygens (including phenoxy) is 2. The number of anilines is 2. The number of hydrogen-bond donors (Lipinski definition) is 2. The van der Waals surface area contributed by atoms with Gasteiger partial charge in [-0.2, -0.15) is 0 Å². The first-order valence-corrected chi connectivity index (χ1v) is 6.03. The monoisotopic (exact) mass is 268 g/mol. The number of rotatable bonds is 2. The molecule has 0 spiro atoms. The highest BCUT2D eigenvalue weighted by Crippen LogP contribution is 2.23. The van der Waals surface area contributed by atoms with Gasteiger partial charge in [0.1, 0.15) is 11.5 Å². The molecule has 0 saturated heterocycles. The first kappa shape index (κ1) is 13.6. The maximum atomic E-state index is 5.76. The van der Waals surface area contributed by atoms with E-state index in [1.165, 1.54) is 0 Å². The van der Waals surface area contributed by atoms with Gasteiger partial charge in [-0.25, -0.2) is 0 Å². The third-order valence-corrected chi connectivity index (χ3v) is 2.80. The van der Waals surface area contributed by atoms with E-state index in [9.17, 15) is 0 Å². The van der Waals surface area contributed by atoms with Gasteiger partial charge in [-0.15, -0.1) is 0 Å². The predicted molar refractivity (Wildman–Crippen MR) is 80.8 cm³/mol. The fraction of sp³-hybridized carbons (Fsp3) is 0.125. The van der Waals surface area contributed by atoms with Crippen molar-refractivity contribution in [3.05, 3.63) is 47.5 Å². The van der Waals surface area contributed by atoms with Gasteiger partial charge in [0.15, 0.2) is 0 Å². The molecule has 4 heteroatoms. The van der Waals surface area contributed by atoms with Crippen LogP contribution in [0.15, 0.2) is 36.4 Å². The second kappa shape index (κ2) is 5.89. The van der Waals surface area contributed by atoms with Crippen LogP contribution in [0.5, 0.6) is 11.5 Å². The van der Waals surface area contributed by atoms with Crippen molar-refractivity contribution in [2.45, 2.75) is 0 Å². The van der Waals surface area contributed by atoms with Crippen LogP contribution in [-0.2, 0) is 0 Å². The minimum Gasteiger partial charge on any atom is -0.495 e. The lowest BCUT2D eigenvalue weighted by Gasteiger charge is -2.04. The van der Waals surface area contributed by atoms with Gasteiger partial charge in [-0.05, 0) is 30.3 Å². The molecule has 0 aliphatic carbocycles. The SMILES string of the molecule is COc1cc(C#Cc2ccc(N)cc2OC)ccc1N. The molecule has 0 fully saturated rings. The summed E-state index contributed by atoms with van der Waals surface area (Å²) in [7, 11) is 3.16. The quantitative estimate of drug-likeness (QED) is 0.647. The summed E-state index contributed by atoms with van der Waals surface area (Å²) in [6.07, 6.45) is 0. The van der Waals surface area contributed by atoms with Crippen molar-refractivity contribution >= 4 is 11.4 Å². The summed E-state index contributed by atoms with van der Waals surface area (Å²) in [5, 5.41) is 0. The fourth-order valence-corrected chi connectivity index (χ4v) is 1.74. The molecule has 0 aromatic heterocycles. The average molecular weight is 268 g/mol. The Hall–Kier alpha value is -2.80. The van der Waals surface area contributed by atoms with Gasteiger partial charge in [0.05, 0.1) is 25.5 Å². The lowest BCUT2D eigenvalue weighted by molar-refractivity contribution is 0.414. The van der Waals surface area contributed by atoms with Gasteiger partial charge in [-0.1, -0.05) is 11.8 Å². The highest BCUT2D eigenvalue weighted by Gasteiger charge is 2.01. The molecule has 2 rings (SSSR count). The van der Waals surface area contributed by atoms with Crippen molar-refractivity contribution in [2.24, 2.45) is 0 Å². The molecule has 0 unspecified atom stereocenters. The summed E-state index contributed by atoms with van der Waals surface area (Å²) < 4.78 is 10.4. The van der Waals surface area contributed by atoms with Crippen molar-refractivity contribution in [3.8, 4) is 23.3 Å². The Balaban J connectivity index is 2.36. The number of benzene rings is 2. The van der Waals surface area contributed by atoms with Crippen molar-refractivity contribution in [3.63, 3.8) is 0 Å². The molecule has 0 aliphatic rings. The van der Waals surface area contributed by atoms with E-state index in [2.05, 4.69) is 11.8 Å². The van der Waals surface area contributed by atoms with Crippen LogP contribution >= 0.6 is 0 Å². The van der Waals surface area contributed by atoms with Crippen LogP contribution in [0.1, 0.15) is 11.1 Å². The molecule has 4 N–H and O–H groups in total. The van der Waals surface area contributed by atoms with E-state index in [0.717, 1.165) is 11.1 Å². The van der Waals surface area contributed by atoms with Crippen molar-refractivity contribution in [2.75, 3.05) is 25.7 Å². The van der Waals surface area contributed by atoms with E-state index in [0.29, 0.717) is 22.9 Å². The molecule has 20 heavy (non-hydrogen) atoms. The Morgan fingerprint density at radius 2 is 1.60 bits per heavy atom. The second-order valence-electron chi connectivity index (χ2n) is 4.17. The van der Waals surface area contributed by atoms with Crippen molar-refractivity contribution < 1.29 is 9.47 Å². The van der Waals surface area contributed by atoms with Gasteiger partial charge in [0, 0.05) is 17.3 Å². The molecule has 2 aromatic carbocycles. The average Bonchev–Trinajstić information content (AvgIpc) is 2.47. The van der Waals surface area contributed by atoms with E-state index in [4.69, 9.17) is 20.9 Å². The van der Waals surface area contributed by atoms with Gasteiger partial charge < -0.3 is 20.9 Å². The van der Waals surface area contributed by atoms with E-state index < -0.39 is 0 Å². The van der Waals surface area contributed by atoms with Crippen LogP contribution in [0.4, 0.5) is 11.4 Å². The molecule has 0 amide bonds. The zero-order chi connectivity index (χ0) is 14.5. The molecule has 0 heterocycles. The predicted octanol–water partition coefficient (Wildman–Crippen LogP) is 2.27. The lowest BCUT2D eigenvalue weighted by Crippen LogP contribution is -1.93. The molecule has 102 valence electrons. The Bertz CT molecular complexity index is 685. The summed E-state index contributed by atoms with van der Waals surface area (Å²) in [5.41, 5.74) is 14.3. The Morgan fingerprint density at radius 1 is 0.850 bits per heavy atom. The first-order chi connectivity index (χ1) is 9.63. The molecular weight excluding hydrogens is 252 g/mol. The Morgan fingerprint density at radius 3 is 2.30 bits per heavy atom. The summed E-state index contributed by atoms with van der Waals surface area (Å²) in [5.74, 6) is 7.37. The molecule has 0 aliphatic heterocycles. The molecule has 0 saturated carbocycles. The zero-order valence-corrected chi connectivity index (χ0v) is 11.4. The van der Waals surface area contributed by atoms with Crippen LogP contribution in [0.2, 0.25) is 0 Å². The zero-order valence-electron chi connectivity index (χ0n) is 11.4. The van der Waals surface area contributed by atoms with Crippen LogP contribution < -0.4 is 20.9 Å². The normalized spacial score (nSPS) is 9.50. The minimum absolute atomic E-state index is 0.586. The van der Waals surface area contributed by atoms with E-state index in [-0.39, 0.29) is 0 Å². The molecule has 0 radical (unpaired) electrons. The molecular formula is C16H16N2O2. The minimum atomic E-state index is 0.586. The highest BCUT2D eigenvalue weighted by atomic mass is 16.5. The second-order valence-corrected chi connectivity index (χ2v) is 4.17. The molecule has 0 atom stereocenters. The molecule has 4 nitrogen and oxygen atoms in total. The van der Waals surface area contributed by atoms with Crippen LogP contribution in [0, 0.1) is 11.8 Å². The van der Waals surface area contributed by atoms with E-state index in [1.807, 2.05) is 12.1 Å². The maximum absolute atomic E-state index is 5.76. The number of nitrogens with two attached hydrogens (primary N) is 2. The van der Waals surface area contributed by atoms with Gasteiger partial charge >= 0.3 is 0 Å². The van der Waals surface area contributed by atoms with Crippen LogP contribution in [0.25, 0.3) is 0 Å². The largest absolute Gasteiger partial charge is 0.495 e. The smallest absolute Gasteiger partial charge is 0.142 e. The van der Waals surface area contributed by atoms with Crippen molar-refractivity contribution in [1.29, 1.82) is 0 Å². The van der Waals surface area contributed by atoms with Crippen LogP contribution in [0.3, 0.4) is 0 Å². The fourth-order valence-electron chi connectivity index (χ4n) is 1.74. The molecule has 2 aromatic rings. The maximum Gasteiger partial charge on any atom is 0.142 e. The van der Waals surface area contributed by atoms with Gasteiger partial charge in [-0.3, -0.25) is 0 Å². The Labute approximate surface area is 118 Å². The van der Waals surface area contributed by atoms with Crippen LogP contribution in [-0.4, -0.2) is 14.2 Å². The topological polar surface area (TPSA) is 70.5 Å². The van der Waals surface area contributed by atoms with Gasteiger partial charge in [0.2, 0.25) is 0 Å². The third kappa shape index (κ3) is 2.96. The summed E-state index contributed by atoms with van der Waals surface area (Å²) in [4.78, 5) is 0. The summed E-state index contributed by atoms with van der Waals surface area (Å²) in [6, 6.07) is 10.8. The lowest BCUT2D eigenvalue weighted by atomic mass is 10.1. The van der Waals surface area contributed by atoms with Gasteiger partial charge in [0.25, 0.3) is 0 Å². The van der Waals surface area contributed by atoms with E-state index in [1.54, 1.807) is 38.5 Å². The number of methoxy groups -OCH3 is 2. The summed E-state index contributed by atoms with van der Waals surface area (Å²) >= 11 is 0. The van der Waals surface area contributed by atoms with E-state index >= 15 is 0 Å². The molecule has 0 bridgehead atoms. The first-order valence-electron chi connectivity index (χ1n) is 6.03. The Kier molecular flexibility index (Phi) is 4.02. The number of hydrogen-bond acceptors (Lipinski definition) is 4.